The molecule has 170 valence electrons. The van der Waals surface area contributed by atoms with E-state index < -0.39 is 24.5 Å². The number of esters is 2. The number of rotatable bonds is 6. The molecule has 0 spiro atoms. The van der Waals surface area contributed by atoms with E-state index in [4.69, 9.17) is 9.47 Å². The van der Waals surface area contributed by atoms with Gasteiger partial charge in [0.25, 0.3) is 5.91 Å². The van der Waals surface area contributed by atoms with Crippen molar-refractivity contribution in [2.24, 2.45) is 5.92 Å². The molecule has 0 saturated carbocycles. The monoisotopic (exact) mass is 463 g/mol. The zero-order valence-corrected chi connectivity index (χ0v) is 19.4. The third-order valence-electron chi connectivity index (χ3n) is 5.72. The Morgan fingerprint density at radius 2 is 1.94 bits per heavy atom. The van der Waals surface area contributed by atoms with Gasteiger partial charge in [0.05, 0.1) is 12.7 Å². The zero-order valence-electron chi connectivity index (χ0n) is 18.6. The summed E-state index contributed by atoms with van der Waals surface area (Å²) in [6.07, 6.45) is 5.61. The average molecular weight is 464 g/mol. The van der Waals surface area contributed by atoms with Crippen molar-refractivity contribution in [3.63, 3.8) is 0 Å². The van der Waals surface area contributed by atoms with E-state index in [-0.39, 0.29) is 0 Å². The molecule has 2 aromatic carbocycles. The summed E-state index contributed by atoms with van der Waals surface area (Å²) < 4.78 is 10.0. The lowest BCUT2D eigenvalue weighted by atomic mass is 9.88. The fraction of sp³-hybridized carbons (Fsp3) is 0.269. The van der Waals surface area contributed by atoms with Gasteiger partial charge in [0.15, 0.2) is 6.61 Å². The topological polar surface area (TPSA) is 81.7 Å². The number of nitrogens with one attached hydrogen (secondary N) is 1. The molecule has 1 aliphatic rings. The first-order chi connectivity index (χ1) is 16.0. The van der Waals surface area contributed by atoms with Crippen molar-refractivity contribution in [3.8, 4) is 0 Å². The van der Waals surface area contributed by atoms with Gasteiger partial charge in [-0.25, -0.2) is 9.59 Å². The molecule has 1 unspecified atom stereocenters. The number of ether oxygens (including phenoxy) is 2. The Bertz CT molecular complexity index is 1240. The quantitative estimate of drug-likeness (QED) is 0.411. The summed E-state index contributed by atoms with van der Waals surface area (Å²) in [4.78, 5) is 38.1. The van der Waals surface area contributed by atoms with Gasteiger partial charge in [-0.3, -0.25) is 4.79 Å². The molecule has 0 radical (unpaired) electrons. The number of fused-ring (bicyclic) bond motifs is 2. The smallest absolute Gasteiger partial charge is 0.341 e. The Hall–Kier alpha value is -3.45. The maximum Gasteiger partial charge on any atom is 0.341 e. The van der Waals surface area contributed by atoms with Gasteiger partial charge >= 0.3 is 11.9 Å². The Labute approximate surface area is 196 Å². The predicted molar refractivity (Wildman–Crippen MR) is 129 cm³/mol. The lowest BCUT2D eigenvalue weighted by Crippen LogP contribution is -2.21. The summed E-state index contributed by atoms with van der Waals surface area (Å²) >= 11 is 1.39. The van der Waals surface area contributed by atoms with E-state index in [1.165, 1.54) is 24.5 Å². The molecule has 3 aromatic rings. The summed E-state index contributed by atoms with van der Waals surface area (Å²) in [5, 5.41) is 5.27. The van der Waals surface area contributed by atoms with Crippen LogP contribution >= 0.6 is 11.3 Å². The summed E-state index contributed by atoms with van der Waals surface area (Å²) in [5.41, 5.74) is 2.26. The SMILES string of the molecule is COC(=O)c1c(NC(=O)COC(=O)/C=C/c2cccc3ccccc23)sc2c1CCC(C)C2. The van der Waals surface area contributed by atoms with Gasteiger partial charge in [-0.1, -0.05) is 49.4 Å². The minimum atomic E-state index is -0.620. The van der Waals surface area contributed by atoms with Crippen LogP contribution in [0, 0.1) is 5.92 Å². The molecule has 0 bridgehead atoms. The minimum Gasteiger partial charge on any atom is -0.465 e. The van der Waals surface area contributed by atoms with Crippen LogP contribution in [0.1, 0.15) is 39.7 Å². The molecule has 0 fully saturated rings. The first-order valence-electron chi connectivity index (χ1n) is 10.8. The van der Waals surface area contributed by atoms with E-state index in [0.717, 1.165) is 46.0 Å². The van der Waals surface area contributed by atoms with E-state index in [2.05, 4.69) is 12.2 Å². The summed E-state index contributed by atoms with van der Waals surface area (Å²) in [7, 11) is 1.33. The minimum absolute atomic E-state index is 0.417. The standard InChI is InChI=1S/C26H25NO5S/c1-16-10-12-20-21(14-16)33-25(24(20)26(30)31-2)27-22(28)15-32-23(29)13-11-18-8-5-7-17-6-3-4-9-19(17)18/h3-9,11,13,16H,10,12,14-15H2,1-2H3,(H,27,28)/b13-11+. The predicted octanol–water partition coefficient (Wildman–Crippen LogP) is 5.01. The molecular weight excluding hydrogens is 438 g/mol. The van der Waals surface area contributed by atoms with E-state index >= 15 is 0 Å². The highest BCUT2D eigenvalue weighted by Crippen LogP contribution is 2.40. The van der Waals surface area contributed by atoms with Gasteiger partial charge in [-0.15, -0.1) is 11.3 Å². The maximum atomic E-state index is 12.4. The highest BCUT2D eigenvalue weighted by atomic mass is 32.1. The molecule has 33 heavy (non-hydrogen) atoms. The molecule has 0 saturated heterocycles. The average Bonchev–Trinajstić information content (AvgIpc) is 3.17. The van der Waals surface area contributed by atoms with Gasteiger partial charge in [0.2, 0.25) is 0 Å². The fourth-order valence-corrected chi connectivity index (χ4v) is 5.47. The van der Waals surface area contributed by atoms with Crippen LogP contribution in [0.5, 0.6) is 0 Å². The second-order valence-electron chi connectivity index (χ2n) is 8.11. The number of thiophene rings is 1. The Balaban J connectivity index is 1.40. The number of carbonyl (C=O) groups excluding carboxylic acids is 3. The number of methoxy groups -OCH3 is 1. The van der Waals surface area contributed by atoms with Crippen molar-refractivity contribution in [1.82, 2.24) is 0 Å². The largest absolute Gasteiger partial charge is 0.465 e. The van der Waals surface area contributed by atoms with Crippen LogP contribution < -0.4 is 5.32 Å². The summed E-state index contributed by atoms with van der Waals surface area (Å²) in [6, 6.07) is 13.7. The second kappa shape index (κ2) is 10.0. The van der Waals surface area contributed by atoms with Crippen molar-refractivity contribution in [1.29, 1.82) is 0 Å². The first-order valence-corrected chi connectivity index (χ1v) is 11.6. The molecule has 1 heterocycles. The summed E-state index contributed by atoms with van der Waals surface area (Å²) in [6.45, 7) is 1.72. The van der Waals surface area contributed by atoms with Gasteiger partial charge in [0, 0.05) is 11.0 Å². The second-order valence-corrected chi connectivity index (χ2v) is 9.21. The number of hydrogen-bond donors (Lipinski definition) is 1. The Kier molecular flexibility index (Phi) is 6.89. The van der Waals surface area contributed by atoms with E-state index in [9.17, 15) is 14.4 Å². The van der Waals surface area contributed by atoms with E-state index in [1.54, 1.807) is 6.08 Å². The van der Waals surface area contributed by atoms with Crippen LogP contribution in [0.25, 0.3) is 16.8 Å². The van der Waals surface area contributed by atoms with E-state index in [0.29, 0.717) is 16.5 Å². The lowest BCUT2D eigenvalue weighted by Gasteiger charge is -2.18. The fourth-order valence-electron chi connectivity index (χ4n) is 4.06. The van der Waals surface area contributed by atoms with Gasteiger partial charge < -0.3 is 14.8 Å². The number of benzene rings is 2. The molecule has 6 nitrogen and oxygen atoms in total. The van der Waals surface area contributed by atoms with Crippen molar-refractivity contribution < 1.29 is 23.9 Å². The first kappa shape index (κ1) is 22.7. The van der Waals surface area contributed by atoms with Crippen molar-refractivity contribution in [2.45, 2.75) is 26.2 Å². The van der Waals surface area contributed by atoms with Gasteiger partial charge in [0.1, 0.15) is 5.00 Å². The highest BCUT2D eigenvalue weighted by molar-refractivity contribution is 7.17. The molecule has 1 atom stereocenters. The molecule has 1 aromatic heterocycles. The lowest BCUT2D eigenvalue weighted by molar-refractivity contribution is -0.142. The molecule has 7 heteroatoms. The maximum absolute atomic E-state index is 12.4. The molecule has 1 amide bonds. The molecule has 1 N–H and O–H groups in total. The van der Waals surface area contributed by atoms with Crippen LogP contribution in [0.15, 0.2) is 48.5 Å². The number of amides is 1. The number of carbonyl (C=O) groups is 3. The zero-order chi connectivity index (χ0) is 23.4. The molecule has 1 aliphatic carbocycles. The van der Waals surface area contributed by atoms with Crippen molar-refractivity contribution in [2.75, 3.05) is 19.0 Å². The van der Waals surface area contributed by atoms with Crippen LogP contribution in [-0.4, -0.2) is 31.6 Å². The summed E-state index contributed by atoms with van der Waals surface area (Å²) in [5.74, 6) is -1.06. The highest BCUT2D eigenvalue weighted by Gasteiger charge is 2.29. The number of hydrogen-bond acceptors (Lipinski definition) is 6. The van der Waals surface area contributed by atoms with Crippen LogP contribution in [0.3, 0.4) is 0 Å². The molecular formula is C26H25NO5S. The van der Waals surface area contributed by atoms with Gasteiger partial charge in [-0.05, 0) is 53.2 Å². The molecule has 4 rings (SSSR count). The molecule has 0 aliphatic heterocycles. The van der Waals surface area contributed by atoms with Crippen molar-refractivity contribution in [3.05, 3.63) is 70.1 Å². The van der Waals surface area contributed by atoms with Crippen LogP contribution in [0.2, 0.25) is 0 Å². The Morgan fingerprint density at radius 1 is 1.15 bits per heavy atom. The third-order valence-corrected chi connectivity index (χ3v) is 6.89. The van der Waals surface area contributed by atoms with E-state index in [1.807, 2.05) is 42.5 Å². The van der Waals surface area contributed by atoms with Crippen molar-refractivity contribution >= 4 is 51.0 Å². The Morgan fingerprint density at radius 3 is 2.76 bits per heavy atom. The number of anilines is 1. The van der Waals surface area contributed by atoms with Crippen LogP contribution in [-0.2, 0) is 31.9 Å². The van der Waals surface area contributed by atoms with Crippen LogP contribution in [0.4, 0.5) is 5.00 Å². The normalized spacial score (nSPS) is 15.3. The third kappa shape index (κ3) is 5.14. The van der Waals surface area contributed by atoms with Gasteiger partial charge in [-0.2, -0.15) is 0 Å².